The van der Waals surface area contributed by atoms with Gasteiger partial charge in [-0.3, -0.25) is 0 Å². The molecule has 0 amide bonds. The van der Waals surface area contributed by atoms with Crippen LogP contribution in [0.15, 0.2) is 23.2 Å². The fourth-order valence-electron chi connectivity index (χ4n) is 1.13. The summed E-state index contributed by atoms with van der Waals surface area (Å²) in [6, 6.07) is -0.209. The van der Waals surface area contributed by atoms with Crippen molar-refractivity contribution in [3.63, 3.8) is 0 Å². The van der Waals surface area contributed by atoms with Gasteiger partial charge in [0.1, 0.15) is 6.33 Å². The van der Waals surface area contributed by atoms with Crippen molar-refractivity contribution in [3.05, 3.63) is 29.0 Å². The second-order valence-corrected chi connectivity index (χ2v) is 3.94. The van der Waals surface area contributed by atoms with Crippen LogP contribution in [0.1, 0.15) is 18.8 Å². The summed E-state index contributed by atoms with van der Waals surface area (Å²) in [6.07, 6.45) is 4.73. The monoisotopic (exact) mass is 268 g/mol. The summed E-state index contributed by atoms with van der Waals surface area (Å²) in [5.74, 6) is 1.10. The molecule has 2 aromatic heterocycles. The molecule has 0 aliphatic carbocycles. The molecule has 0 fully saturated rings. The van der Waals surface area contributed by atoms with E-state index in [1.54, 1.807) is 12.4 Å². The van der Waals surface area contributed by atoms with E-state index in [-0.39, 0.29) is 6.04 Å². The summed E-state index contributed by atoms with van der Waals surface area (Å²) < 4.78 is 2.34. The molecule has 7 heteroatoms. The molecule has 1 atom stereocenters. The first-order valence-corrected chi connectivity index (χ1v) is 5.11. The van der Waals surface area contributed by atoms with E-state index < -0.39 is 0 Å². The van der Waals surface area contributed by atoms with Crippen LogP contribution in [0.2, 0.25) is 0 Å². The summed E-state index contributed by atoms with van der Waals surface area (Å²) in [5, 5.41) is 4.02. The predicted octanol–water partition coefficient (Wildman–Crippen LogP) is 0.840. The number of nitrogens with two attached hydrogens (primary N) is 1. The minimum Gasteiger partial charge on any atom is -0.322 e. The van der Waals surface area contributed by atoms with Crippen molar-refractivity contribution >= 4 is 15.9 Å². The van der Waals surface area contributed by atoms with Crippen molar-refractivity contribution in [3.8, 4) is 5.95 Å². The van der Waals surface area contributed by atoms with Gasteiger partial charge in [-0.05, 0) is 22.9 Å². The van der Waals surface area contributed by atoms with Crippen molar-refractivity contribution in [1.29, 1.82) is 0 Å². The summed E-state index contributed by atoms with van der Waals surface area (Å²) in [6.45, 7) is 1.83. The molecule has 78 valence electrons. The van der Waals surface area contributed by atoms with Gasteiger partial charge in [-0.15, -0.1) is 0 Å². The normalized spacial score (nSPS) is 12.7. The van der Waals surface area contributed by atoms with Gasteiger partial charge >= 0.3 is 0 Å². The van der Waals surface area contributed by atoms with Crippen LogP contribution in [-0.4, -0.2) is 24.7 Å². The maximum Gasteiger partial charge on any atom is 0.252 e. The predicted molar refractivity (Wildman–Crippen MR) is 57.3 cm³/mol. The summed E-state index contributed by atoms with van der Waals surface area (Å²) in [7, 11) is 0. The number of halogens is 1. The average molecular weight is 269 g/mol. The molecule has 0 spiro atoms. The van der Waals surface area contributed by atoms with Gasteiger partial charge in [0.05, 0.1) is 10.5 Å². The van der Waals surface area contributed by atoms with Gasteiger partial charge in [-0.25, -0.2) is 15.0 Å². The molecule has 0 bridgehead atoms. The molecule has 0 aliphatic heterocycles. The third kappa shape index (κ3) is 2.02. The molecular formula is C8H9BrN6. The van der Waals surface area contributed by atoms with Crippen molar-refractivity contribution < 1.29 is 0 Å². The van der Waals surface area contributed by atoms with E-state index >= 15 is 0 Å². The molecule has 0 radical (unpaired) electrons. The maximum atomic E-state index is 5.74. The van der Waals surface area contributed by atoms with E-state index in [9.17, 15) is 0 Å². The fraction of sp³-hybridized carbons (Fsp3) is 0.250. The van der Waals surface area contributed by atoms with Crippen LogP contribution in [0.5, 0.6) is 0 Å². The van der Waals surface area contributed by atoms with Crippen LogP contribution in [0.4, 0.5) is 0 Å². The Hall–Kier alpha value is -1.34. The molecule has 0 saturated carbocycles. The van der Waals surface area contributed by atoms with Crippen LogP contribution in [0.3, 0.4) is 0 Å². The second kappa shape index (κ2) is 4.03. The Labute approximate surface area is 94.7 Å². The lowest BCUT2D eigenvalue weighted by molar-refractivity contribution is 0.668. The van der Waals surface area contributed by atoms with Crippen LogP contribution in [0, 0.1) is 0 Å². The number of hydrogen-bond acceptors (Lipinski definition) is 5. The molecule has 0 unspecified atom stereocenters. The molecule has 0 saturated heterocycles. The highest BCUT2D eigenvalue weighted by Crippen LogP contribution is 2.10. The summed E-state index contributed by atoms with van der Waals surface area (Å²) >= 11 is 3.26. The number of hydrogen-bond donors (Lipinski definition) is 1. The largest absolute Gasteiger partial charge is 0.322 e. The Morgan fingerprint density at radius 2 is 2.00 bits per heavy atom. The molecule has 2 heterocycles. The zero-order chi connectivity index (χ0) is 10.8. The smallest absolute Gasteiger partial charge is 0.252 e. The highest BCUT2D eigenvalue weighted by atomic mass is 79.9. The van der Waals surface area contributed by atoms with E-state index in [0.717, 1.165) is 4.47 Å². The highest BCUT2D eigenvalue weighted by molar-refractivity contribution is 9.10. The zero-order valence-electron chi connectivity index (χ0n) is 8.00. The van der Waals surface area contributed by atoms with Crippen LogP contribution in [-0.2, 0) is 0 Å². The van der Waals surface area contributed by atoms with Gasteiger partial charge in [0.2, 0.25) is 0 Å². The molecule has 2 aromatic rings. The quantitative estimate of drug-likeness (QED) is 0.873. The van der Waals surface area contributed by atoms with Crippen LogP contribution < -0.4 is 5.73 Å². The van der Waals surface area contributed by atoms with E-state index in [1.165, 1.54) is 11.0 Å². The molecule has 0 aromatic carbocycles. The third-order valence-electron chi connectivity index (χ3n) is 1.78. The SMILES string of the molecule is C[C@H](N)c1ncnn1-c1ncc(Br)cn1. The van der Waals surface area contributed by atoms with Gasteiger partial charge in [0, 0.05) is 12.4 Å². The first kappa shape index (κ1) is 10.2. The Morgan fingerprint density at radius 3 is 2.60 bits per heavy atom. The van der Waals surface area contributed by atoms with Crippen molar-refractivity contribution in [2.75, 3.05) is 0 Å². The van der Waals surface area contributed by atoms with E-state index in [2.05, 4.69) is 36.0 Å². The summed E-state index contributed by atoms with van der Waals surface area (Å²) in [4.78, 5) is 12.3. The highest BCUT2D eigenvalue weighted by Gasteiger charge is 2.11. The maximum absolute atomic E-state index is 5.74. The van der Waals surface area contributed by atoms with E-state index in [0.29, 0.717) is 11.8 Å². The van der Waals surface area contributed by atoms with Gasteiger partial charge in [-0.1, -0.05) is 0 Å². The Bertz CT molecular complexity index is 448. The van der Waals surface area contributed by atoms with Crippen LogP contribution >= 0.6 is 15.9 Å². The molecule has 15 heavy (non-hydrogen) atoms. The average Bonchev–Trinajstić information content (AvgIpc) is 2.67. The molecule has 2 N–H and O–H groups in total. The first-order chi connectivity index (χ1) is 7.18. The van der Waals surface area contributed by atoms with Crippen molar-refractivity contribution in [1.82, 2.24) is 24.7 Å². The van der Waals surface area contributed by atoms with Gasteiger partial charge in [0.25, 0.3) is 5.95 Å². The number of nitrogens with zero attached hydrogens (tertiary/aromatic N) is 5. The topological polar surface area (TPSA) is 82.5 Å². The molecule has 2 rings (SSSR count). The van der Waals surface area contributed by atoms with E-state index in [4.69, 9.17) is 5.73 Å². The lowest BCUT2D eigenvalue weighted by atomic mass is 10.3. The van der Waals surface area contributed by atoms with Gasteiger partial charge in [-0.2, -0.15) is 9.78 Å². The summed E-state index contributed by atoms with van der Waals surface area (Å²) in [5.41, 5.74) is 5.74. The third-order valence-corrected chi connectivity index (χ3v) is 2.19. The Balaban J connectivity index is 2.45. The molecular weight excluding hydrogens is 260 g/mol. The molecule has 6 nitrogen and oxygen atoms in total. The molecule has 0 aliphatic rings. The minimum atomic E-state index is -0.209. The number of rotatable bonds is 2. The fourth-order valence-corrected chi connectivity index (χ4v) is 1.33. The second-order valence-electron chi connectivity index (χ2n) is 3.02. The lowest BCUT2D eigenvalue weighted by Gasteiger charge is -2.05. The van der Waals surface area contributed by atoms with Gasteiger partial charge in [0.15, 0.2) is 5.82 Å². The zero-order valence-corrected chi connectivity index (χ0v) is 9.59. The van der Waals surface area contributed by atoms with Crippen LogP contribution in [0.25, 0.3) is 5.95 Å². The first-order valence-electron chi connectivity index (χ1n) is 4.32. The standard InChI is InChI=1S/C8H9BrN6/c1-5(10)7-13-4-14-15(7)8-11-2-6(9)3-12-8/h2-5H,10H2,1H3/t5-/m0/s1. The Kier molecular flexibility index (Phi) is 2.74. The van der Waals surface area contributed by atoms with Crippen molar-refractivity contribution in [2.45, 2.75) is 13.0 Å². The van der Waals surface area contributed by atoms with E-state index in [1.807, 2.05) is 6.92 Å². The Morgan fingerprint density at radius 1 is 1.33 bits per heavy atom. The number of aromatic nitrogens is 5. The van der Waals surface area contributed by atoms with Crippen molar-refractivity contribution in [2.24, 2.45) is 5.73 Å². The van der Waals surface area contributed by atoms with Gasteiger partial charge < -0.3 is 5.73 Å². The lowest BCUT2D eigenvalue weighted by Crippen LogP contribution is -2.15. The minimum absolute atomic E-state index is 0.209.